The minimum atomic E-state index is -0.177. The van der Waals surface area contributed by atoms with E-state index in [0.717, 1.165) is 12.1 Å². The molecule has 2 atom stereocenters. The van der Waals surface area contributed by atoms with Crippen molar-refractivity contribution in [3.63, 3.8) is 0 Å². The summed E-state index contributed by atoms with van der Waals surface area (Å²) >= 11 is 0. The van der Waals surface area contributed by atoms with Gasteiger partial charge in [-0.3, -0.25) is 9.69 Å². The number of methoxy groups -OCH3 is 1. The summed E-state index contributed by atoms with van der Waals surface area (Å²) in [7, 11) is 3.35. The lowest BCUT2D eigenvalue weighted by atomic mass is 10.2. The second kappa shape index (κ2) is 5.98. The number of carbonyl (C=O) groups excluding carboxylic acids is 1. The maximum Gasteiger partial charge on any atom is 0.323 e. The fourth-order valence-electron chi connectivity index (χ4n) is 2.27. The van der Waals surface area contributed by atoms with E-state index in [0.29, 0.717) is 13.0 Å². The standard InChI is InChI=1S/C14H19NO3/c1-15-9-12(8-13(15)14(16)17-2)18-10-11-6-4-3-5-7-11/h3-7,12-13H,8-10H2,1-2H3. The van der Waals surface area contributed by atoms with Gasteiger partial charge in [-0.2, -0.15) is 0 Å². The van der Waals surface area contributed by atoms with Crippen molar-refractivity contribution >= 4 is 5.97 Å². The molecule has 4 nitrogen and oxygen atoms in total. The van der Waals surface area contributed by atoms with E-state index in [4.69, 9.17) is 9.47 Å². The fraction of sp³-hybridized carbons (Fsp3) is 0.500. The normalized spacial score (nSPS) is 24.1. The lowest BCUT2D eigenvalue weighted by molar-refractivity contribution is -0.145. The van der Waals surface area contributed by atoms with Crippen molar-refractivity contribution in [2.75, 3.05) is 20.7 Å². The first kappa shape index (κ1) is 13.1. The van der Waals surface area contributed by atoms with Crippen LogP contribution >= 0.6 is 0 Å². The molecule has 0 N–H and O–H groups in total. The van der Waals surface area contributed by atoms with Gasteiger partial charge in [-0.15, -0.1) is 0 Å². The van der Waals surface area contributed by atoms with Crippen LogP contribution in [0.1, 0.15) is 12.0 Å². The highest BCUT2D eigenvalue weighted by Crippen LogP contribution is 2.20. The zero-order valence-electron chi connectivity index (χ0n) is 10.8. The van der Waals surface area contributed by atoms with Crippen LogP contribution < -0.4 is 0 Å². The third-order valence-corrected chi connectivity index (χ3v) is 3.31. The lowest BCUT2D eigenvalue weighted by Gasteiger charge is -2.15. The molecule has 0 spiro atoms. The number of hydrogen-bond donors (Lipinski definition) is 0. The second-order valence-corrected chi connectivity index (χ2v) is 4.63. The number of hydrogen-bond acceptors (Lipinski definition) is 4. The molecule has 1 aromatic rings. The van der Waals surface area contributed by atoms with Crippen molar-refractivity contribution in [3.05, 3.63) is 35.9 Å². The maximum absolute atomic E-state index is 11.5. The van der Waals surface area contributed by atoms with Crippen LogP contribution in [0, 0.1) is 0 Å². The molecule has 1 saturated heterocycles. The van der Waals surface area contributed by atoms with Gasteiger partial charge in [0, 0.05) is 13.0 Å². The van der Waals surface area contributed by atoms with Gasteiger partial charge in [0.25, 0.3) is 0 Å². The first-order valence-electron chi connectivity index (χ1n) is 6.14. The Balaban J connectivity index is 1.84. The smallest absolute Gasteiger partial charge is 0.323 e. The average molecular weight is 249 g/mol. The zero-order valence-corrected chi connectivity index (χ0v) is 10.8. The molecule has 4 heteroatoms. The summed E-state index contributed by atoms with van der Waals surface area (Å²) < 4.78 is 10.6. The number of esters is 1. The van der Waals surface area contributed by atoms with E-state index in [9.17, 15) is 4.79 Å². The molecule has 2 unspecified atom stereocenters. The molecule has 1 aliphatic heterocycles. The average Bonchev–Trinajstić information content (AvgIpc) is 2.78. The van der Waals surface area contributed by atoms with Crippen molar-refractivity contribution < 1.29 is 14.3 Å². The summed E-state index contributed by atoms with van der Waals surface area (Å²) in [5.41, 5.74) is 1.15. The highest BCUT2D eigenvalue weighted by atomic mass is 16.5. The molecule has 0 saturated carbocycles. The van der Waals surface area contributed by atoms with Gasteiger partial charge in [-0.25, -0.2) is 0 Å². The molecule has 0 radical (unpaired) electrons. The summed E-state index contributed by atoms with van der Waals surface area (Å²) in [6.07, 6.45) is 0.801. The predicted octanol–water partition coefficient (Wildman–Crippen LogP) is 1.45. The number of nitrogens with zero attached hydrogens (tertiary/aromatic N) is 1. The topological polar surface area (TPSA) is 38.8 Å². The molecule has 0 amide bonds. The highest BCUT2D eigenvalue weighted by molar-refractivity contribution is 5.76. The number of likely N-dealkylation sites (N-methyl/N-ethyl adjacent to an activating group) is 1. The van der Waals surface area contributed by atoms with Crippen molar-refractivity contribution in [2.45, 2.75) is 25.2 Å². The van der Waals surface area contributed by atoms with Crippen LogP contribution in [-0.4, -0.2) is 43.7 Å². The third-order valence-electron chi connectivity index (χ3n) is 3.31. The van der Waals surface area contributed by atoms with E-state index in [1.54, 1.807) is 0 Å². The number of carbonyl (C=O) groups is 1. The van der Waals surface area contributed by atoms with Crippen LogP contribution in [0.25, 0.3) is 0 Å². The molecule has 0 aliphatic carbocycles. The Morgan fingerprint density at radius 3 is 2.78 bits per heavy atom. The lowest BCUT2D eigenvalue weighted by Crippen LogP contribution is -2.33. The highest BCUT2D eigenvalue weighted by Gasteiger charge is 2.35. The second-order valence-electron chi connectivity index (χ2n) is 4.63. The van der Waals surface area contributed by atoms with Crippen LogP contribution in [-0.2, 0) is 20.9 Å². The number of benzene rings is 1. The Bertz CT molecular complexity index is 393. The van der Waals surface area contributed by atoms with Gasteiger partial charge in [0.1, 0.15) is 6.04 Å². The molecule has 1 aliphatic rings. The fourth-order valence-corrected chi connectivity index (χ4v) is 2.27. The number of likely N-dealkylation sites (tertiary alicyclic amines) is 1. The first-order chi connectivity index (χ1) is 8.70. The van der Waals surface area contributed by atoms with Gasteiger partial charge >= 0.3 is 5.97 Å². The van der Waals surface area contributed by atoms with Crippen LogP contribution in [0.5, 0.6) is 0 Å². The SMILES string of the molecule is COC(=O)C1CC(OCc2ccccc2)CN1C. The van der Waals surface area contributed by atoms with E-state index in [1.807, 2.05) is 42.3 Å². The van der Waals surface area contributed by atoms with Crippen molar-refractivity contribution in [3.8, 4) is 0 Å². The molecule has 0 bridgehead atoms. The van der Waals surface area contributed by atoms with E-state index in [-0.39, 0.29) is 18.1 Å². The van der Waals surface area contributed by atoms with Gasteiger partial charge in [-0.05, 0) is 12.6 Å². The van der Waals surface area contributed by atoms with Crippen LogP contribution in [0.2, 0.25) is 0 Å². The van der Waals surface area contributed by atoms with Gasteiger partial charge in [0.05, 0.1) is 19.8 Å². The minimum absolute atomic E-state index is 0.0966. The van der Waals surface area contributed by atoms with E-state index >= 15 is 0 Å². The Morgan fingerprint density at radius 1 is 1.39 bits per heavy atom. The Hall–Kier alpha value is -1.39. The van der Waals surface area contributed by atoms with Crippen LogP contribution in [0.15, 0.2) is 30.3 Å². The number of ether oxygens (including phenoxy) is 2. The Morgan fingerprint density at radius 2 is 2.11 bits per heavy atom. The monoisotopic (exact) mass is 249 g/mol. The zero-order chi connectivity index (χ0) is 13.0. The summed E-state index contributed by atoms with van der Waals surface area (Å²) in [6, 6.07) is 9.89. The molecular formula is C14H19NO3. The first-order valence-corrected chi connectivity index (χ1v) is 6.14. The molecule has 1 fully saturated rings. The third kappa shape index (κ3) is 3.09. The summed E-state index contributed by atoms with van der Waals surface area (Å²) in [4.78, 5) is 13.5. The van der Waals surface area contributed by atoms with E-state index in [1.165, 1.54) is 7.11 Å². The van der Waals surface area contributed by atoms with Gasteiger partial charge in [-0.1, -0.05) is 30.3 Å². The van der Waals surface area contributed by atoms with Crippen LogP contribution in [0.4, 0.5) is 0 Å². The number of rotatable bonds is 4. The summed E-state index contributed by atoms with van der Waals surface area (Å²) in [5, 5.41) is 0. The van der Waals surface area contributed by atoms with Crippen molar-refractivity contribution in [1.29, 1.82) is 0 Å². The molecule has 1 aromatic carbocycles. The van der Waals surface area contributed by atoms with Gasteiger partial charge in [0.2, 0.25) is 0 Å². The quantitative estimate of drug-likeness (QED) is 0.757. The molecule has 1 heterocycles. The maximum atomic E-state index is 11.5. The molecule has 0 aromatic heterocycles. The largest absolute Gasteiger partial charge is 0.468 e. The van der Waals surface area contributed by atoms with Gasteiger partial charge in [0.15, 0.2) is 0 Å². The predicted molar refractivity (Wildman–Crippen MR) is 68.1 cm³/mol. The molecule has 2 rings (SSSR count). The summed E-state index contributed by atoms with van der Waals surface area (Å²) in [6.45, 7) is 1.36. The molecular weight excluding hydrogens is 230 g/mol. The Kier molecular flexibility index (Phi) is 4.33. The van der Waals surface area contributed by atoms with E-state index in [2.05, 4.69) is 0 Å². The van der Waals surface area contributed by atoms with Gasteiger partial charge < -0.3 is 9.47 Å². The van der Waals surface area contributed by atoms with Crippen molar-refractivity contribution in [2.24, 2.45) is 0 Å². The van der Waals surface area contributed by atoms with Crippen molar-refractivity contribution in [1.82, 2.24) is 4.90 Å². The molecule has 18 heavy (non-hydrogen) atoms. The van der Waals surface area contributed by atoms with Crippen LogP contribution in [0.3, 0.4) is 0 Å². The molecule has 98 valence electrons. The summed E-state index contributed by atoms with van der Waals surface area (Å²) in [5.74, 6) is -0.177. The van der Waals surface area contributed by atoms with E-state index < -0.39 is 0 Å². The minimum Gasteiger partial charge on any atom is -0.468 e. The Labute approximate surface area is 107 Å².